The monoisotopic (exact) mass is 396 g/mol. The number of aryl methyl sites for hydroxylation is 1. The van der Waals surface area contributed by atoms with Crippen molar-refractivity contribution >= 4 is 34.7 Å². The molecule has 3 aromatic rings. The van der Waals surface area contributed by atoms with Crippen LogP contribution < -0.4 is 15.4 Å². The predicted molar refractivity (Wildman–Crippen MR) is 112 cm³/mol. The number of ether oxygens (including phenoxy) is 1. The Morgan fingerprint density at radius 1 is 1.11 bits per heavy atom. The number of nitrogens with zero attached hydrogens (tertiary/aromatic N) is 2. The van der Waals surface area contributed by atoms with Crippen molar-refractivity contribution in [1.82, 2.24) is 9.97 Å². The molecule has 0 aliphatic carbocycles. The smallest absolute Gasteiger partial charge is 0.274 e. The molecule has 2 N–H and O–H groups in total. The van der Waals surface area contributed by atoms with Crippen molar-refractivity contribution in [2.75, 3.05) is 17.2 Å². The average molecular weight is 397 g/mol. The molecular formula is C21H21ClN4O2. The molecule has 2 aromatic carbocycles. The van der Waals surface area contributed by atoms with Gasteiger partial charge in [-0.2, -0.15) is 0 Å². The van der Waals surface area contributed by atoms with Gasteiger partial charge in [0.05, 0.1) is 6.61 Å². The molecule has 7 heteroatoms. The van der Waals surface area contributed by atoms with E-state index in [-0.39, 0.29) is 11.6 Å². The number of benzene rings is 2. The van der Waals surface area contributed by atoms with Gasteiger partial charge in [-0.1, -0.05) is 17.7 Å². The number of rotatable bonds is 6. The Balaban J connectivity index is 1.78. The van der Waals surface area contributed by atoms with Gasteiger partial charge in [0.1, 0.15) is 23.1 Å². The highest BCUT2D eigenvalue weighted by atomic mass is 35.5. The number of hydrogen-bond donors (Lipinski definition) is 2. The first-order valence-corrected chi connectivity index (χ1v) is 9.26. The Kier molecular flexibility index (Phi) is 6.11. The van der Waals surface area contributed by atoms with E-state index in [9.17, 15) is 4.79 Å². The molecule has 0 radical (unpaired) electrons. The molecule has 0 spiro atoms. The van der Waals surface area contributed by atoms with Crippen LogP contribution >= 0.6 is 11.6 Å². The second-order valence-corrected chi connectivity index (χ2v) is 6.54. The minimum atomic E-state index is -0.328. The summed E-state index contributed by atoms with van der Waals surface area (Å²) in [5.74, 6) is 1.49. The first kappa shape index (κ1) is 19.6. The molecule has 1 aromatic heterocycles. The summed E-state index contributed by atoms with van der Waals surface area (Å²) < 4.78 is 5.44. The van der Waals surface area contributed by atoms with E-state index < -0.39 is 0 Å². The third-order valence-electron chi connectivity index (χ3n) is 4.02. The minimum Gasteiger partial charge on any atom is -0.494 e. The van der Waals surface area contributed by atoms with Crippen molar-refractivity contribution in [1.29, 1.82) is 0 Å². The molecule has 0 bridgehead atoms. The van der Waals surface area contributed by atoms with Crippen molar-refractivity contribution in [2.45, 2.75) is 20.8 Å². The fraction of sp³-hybridized carbons (Fsp3) is 0.190. The van der Waals surface area contributed by atoms with Crippen molar-refractivity contribution in [3.05, 3.63) is 70.6 Å². The number of amides is 1. The molecule has 0 aliphatic heterocycles. The largest absolute Gasteiger partial charge is 0.494 e. The van der Waals surface area contributed by atoms with Gasteiger partial charge in [-0.15, -0.1) is 0 Å². The number of carbonyl (C=O) groups excluding carboxylic acids is 1. The molecule has 6 nitrogen and oxygen atoms in total. The van der Waals surface area contributed by atoms with E-state index in [0.717, 1.165) is 17.0 Å². The van der Waals surface area contributed by atoms with Crippen LogP contribution in [0.5, 0.6) is 5.75 Å². The Labute approximate surface area is 168 Å². The summed E-state index contributed by atoms with van der Waals surface area (Å²) in [5, 5.41) is 6.63. The summed E-state index contributed by atoms with van der Waals surface area (Å²) in [7, 11) is 0. The molecule has 0 saturated heterocycles. The molecule has 0 fully saturated rings. The van der Waals surface area contributed by atoms with Crippen LogP contribution in [0.3, 0.4) is 0 Å². The van der Waals surface area contributed by atoms with Crippen LogP contribution in [0.2, 0.25) is 5.02 Å². The van der Waals surface area contributed by atoms with E-state index in [1.807, 2.05) is 38.1 Å². The zero-order valence-corrected chi connectivity index (χ0v) is 16.7. The molecule has 0 unspecified atom stereocenters. The van der Waals surface area contributed by atoms with E-state index in [4.69, 9.17) is 16.3 Å². The van der Waals surface area contributed by atoms with Gasteiger partial charge >= 0.3 is 0 Å². The number of hydrogen-bond acceptors (Lipinski definition) is 5. The zero-order chi connectivity index (χ0) is 20.1. The summed E-state index contributed by atoms with van der Waals surface area (Å²) in [6, 6.07) is 14.5. The summed E-state index contributed by atoms with van der Waals surface area (Å²) in [6.45, 7) is 6.14. The van der Waals surface area contributed by atoms with Crippen LogP contribution in [0, 0.1) is 13.8 Å². The van der Waals surface area contributed by atoms with Gasteiger partial charge in [0.25, 0.3) is 5.91 Å². The highest BCUT2D eigenvalue weighted by molar-refractivity contribution is 6.31. The van der Waals surface area contributed by atoms with Gasteiger partial charge in [0.2, 0.25) is 0 Å². The molecule has 3 rings (SSSR count). The van der Waals surface area contributed by atoms with Gasteiger partial charge in [-0.3, -0.25) is 4.79 Å². The van der Waals surface area contributed by atoms with Crippen LogP contribution in [0.4, 0.5) is 17.2 Å². The molecule has 0 saturated carbocycles. The topological polar surface area (TPSA) is 76.1 Å². The summed E-state index contributed by atoms with van der Waals surface area (Å²) in [5.41, 5.74) is 2.55. The van der Waals surface area contributed by atoms with Gasteiger partial charge in [-0.05, 0) is 62.7 Å². The summed E-state index contributed by atoms with van der Waals surface area (Å²) in [4.78, 5) is 21.3. The third-order valence-corrected chi connectivity index (χ3v) is 4.43. The second-order valence-electron chi connectivity index (χ2n) is 6.13. The van der Waals surface area contributed by atoms with Gasteiger partial charge < -0.3 is 15.4 Å². The lowest BCUT2D eigenvalue weighted by Gasteiger charge is -2.11. The fourth-order valence-electron chi connectivity index (χ4n) is 2.63. The number of halogens is 1. The molecule has 0 aliphatic rings. The Bertz CT molecular complexity index is 990. The van der Waals surface area contributed by atoms with Crippen LogP contribution in [0.25, 0.3) is 0 Å². The molecule has 1 amide bonds. The van der Waals surface area contributed by atoms with E-state index in [1.165, 1.54) is 0 Å². The van der Waals surface area contributed by atoms with Crippen molar-refractivity contribution < 1.29 is 9.53 Å². The van der Waals surface area contributed by atoms with Gasteiger partial charge in [0, 0.05) is 22.5 Å². The lowest BCUT2D eigenvalue weighted by molar-refractivity contribution is 0.102. The SMILES string of the molecule is CCOc1ccc(Nc2cc(C(=O)Nc3cccc(Cl)c3C)nc(C)n2)cc1. The predicted octanol–water partition coefficient (Wildman–Crippen LogP) is 5.14. The minimum absolute atomic E-state index is 0.264. The maximum Gasteiger partial charge on any atom is 0.274 e. The number of anilines is 3. The molecular weight excluding hydrogens is 376 g/mol. The molecule has 0 atom stereocenters. The van der Waals surface area contributed by atoms with E-state index >= 15 is 0 Å². The standard InChI is InChI=1S/C21H21ClN4O2/c1-4-28-16-10-8-15(9-11-16)25-20-12-19(23-14(3)24-20)21(27)26-18-7-5-6-17(22)13(18)2/h5-12H,4H2,1-3H3,(H,26,27)(H,23,24,25). The normalized spacial score (nSPS) is 10.4. The van der Waals surface area contributed by atoms with Crippen LogP contribution in [0.1, 0.15) is 28.8 Å². The first-order chi connectivity index (χ1) is 13.5. The van der Waals surface area contributed by atoms with Gasteiger partial charge in [0.15, 0.2) is 0 Å². The average Bonchev–Trinajstić information content (AvgIpc) is 2.67. The highest BCUT2D eigenvalue weighted by Crippen LogP contribution is 2.24. The molecule has 28 heavy (non-hydrogen) atoms. The first-order valence-electron chi connectivity index (χ1n) is 8.88. The van der Waals surface area contributed by atoms with Crippen LogP contribution in [-0.2, 0) is 0 Å². The number of aromatic nitrogens is 2. The summed E-state index contributed by atoms with van der Waals surface area (Å²) in [6.07, 6.45) is 0. The molecule has 1 heterocycles. The summed E-state index contributed by atoms with van der Waals surface area (Å²) >= 11 is 6.12. The maximum atomic E-state index is 12.7. The quantitative estimate of drug-likeness (QED) is 0.603. The van der Waals surface area contributed by atoms with Crippen LogP contribution in [-0.4, -0.2) is 22.5 Å². The lowest BCUT2D eigenvalue weighted by Crippen LogP contribution is -2.16. The van der Waals surface area contributed by atoms with E-state index in [1.54, 1.807) is 31.2 Å². The van der Waals surface area contributed by atoms with Crippen molar-refractivity contribution in [3.8, 4) is 5.75 Å². The Morgan fingerprint density at radius 3 is 2.57 bits per heavy atom. The highest BCUT2D eigenvalue weighted by Gasteiger charge is 2.13. The maximum absolute atomic E-state index is 12.7. The number of nitrogens with one attached hydrogen (secondary N) is 2. The van der Waals surface area contributed by atoms with E-state index in [0.29, 0.717) is 29.0 Å². The number of carbonyl (C=O) groups is 1. The van der Waals surface area contributed by atoms with Crippen LogP contribution in [0.15, 0.2) is 48.5 Å². The second kappa shape index (κ2) is 8.71. The lowest BCUT2D eigenvalue weighted by atomic mass is 10.2. The fourth-order valence-corrected chi connectivity index (χ4v) is 2.80. The zero-order valence-electron chi connectivity index (χ0n) is 15.9. The van der Waals surface area contributed by atoms with Gasteiger partial charge in [-0.25, -0.2) is 9.97 Å². The van der Waals surface area contributed by atoms with E-state index in [2.05, 4.69) is 20.6 Å². The Hall–Kier alpha value is -3.12. The van der Waals surface area contributed by atoms with Crippen molar-refractivity contribution in [2.24, 2.45) is 0 Å². The van der Waals surface area contributed by atoms with Crippen molar-refractivity contribution in [3.63, 3.8) is 0 Å². The third kappa shape index (κ3) is 4.78. The Morgan fingerprint density at radius 2 is 1.86 bits per heavy atom. The molecule has 144 valence electrons.